The second-order valence-electron chi connectivity index (χ2n) is 8.44. The number of hydrogen-bond acceptors (Lipinski definition) is 3. The van der Waals surface area contributed by atoms with E-state index in [1.807, 2.05) is 41.3 Å². The molecule has 1 saturated carbocycles. The van der Waals surface area contributed by atoms with Crippen molar-refractivity contribution in [2.75, 3.05) is 6.54 Å². The van der Waals surface area contributed by atoms with Crippen molar-refractivity contribution in [1.29, 1.82) is 0 Å². The van der Waals surface area contributed by atoms with Gasteiger partial charge >= 0.3 is 0 Å². The number of benzene rings is 1. The summed E-state index contributed by atoms with van der Waals surface area (Å²) in [7, 11) is 0. The van der Waals surface area contributed by atoms with Crippen molar-refractivity contribution in [3.8, 4) is 0 Å². The standard InChI is InChI=1S/C23H28N2O3/c1-16(2)15-25-22(27)19-10-4-3-9-18(19)20(23(25)11-5-6-12-23)21(26)24-14-17-8-7-13-28-17/h3-4,7-10,13,16,20H,5-6,11-12,14-15H2,1-2H3,(H,24,26)/t20-/m1/s1. The maximum Gasteiger partial charge on any atom is 0.254 e. The maximum absolute atomic E-state index is 13.5. The molecular weight excluding hydrogens is 352 g/mol. The number of carbonyl (C=O) groups excluding carboxylic acids is 2. The minimum atomic E-state index is -0.428. The van der Waals surface area contributed by atoms with Crippen molar-refractivity contribution in [1.82, 2.24) is 10.2 Å². The van der Waals surface area contributed by atoms with E-state index in [0.29, 0.717) is 24.6 Å². The average Bonchev–Trinajstić information content (AvgIpc) is 3.36. The van der Waals surface area contributed by atoms with Crippen LogP contribution in [0.2, 0.25) is 0 Å². The van der Waals surface area contributed by atoms with Gasteiger partial charge in [-0.2, -0.15) is 0 Å². The maximum atomic E-state index is 13.5. The fourth-order valence-electron chi connectivity index (χ4n) is 4.99. The van der Waals surface area contributed by atoms with Gasteiger partial charge in [0.15, 0.2) is 0 Å². The quantitative estimate of drug-likeness (QED) is 0.849. The van der Waals surface area contributed by atoms with Gasteiger partial charge in [0.1, 0.15) is 5.76 Å². The topological polar surface area (TPSA) is 62.6 Å². The number of nitrogens with one attached hydrogen (secondary N) is 1. The molecule has 5 heteroatoms. The third-order valence-corrected chi connectivity index (χ3v) is 6.12. The Morgan fingerprint density at radius 3 is 2.64 bits per heavy atom. The van der Waals surface area contributed by atoms with Crippen LogP contribution in [0.3, 0.4) is 0 Å². The van der Waals surface area contributed by atoms with Gasteiger partial charge in [0, 0.05) is 12.1 Å². The summed E-state index contributed by atoms with van der Waals surface area (Å²) in [5.74, 6) is 0.775. The van der Waals surface area contributed by atoms with Crippen LogP contribution in [-0.2, 0) is 11.3 Å². The summed E-state index contributed by atoms with van der Waals surface area (Å²) in [5.41, 5.74) is 1.10. The Morgan fingerprint density at radius 1 is 1.21 bits per heavy atom. The molecule has 1 aliphatic carbocycles. The summed E-state index contributed by atoms with van der Waals surface area (Å²) in [6.07, 6.45) is 5.45. The summed E-state index contributed by atoms with van der Waals surface area (Å²) in [4.78, 5) is 28.9. The van der Waals surface area contributed by atoms with E-state index in [9.17, 15) is 9.59 Å². The van der Waals surface area contributed by atoms with Crippen molar-refractivity contribution >= 4 is 11.8 Å². The number of furan rings is 1. The molecule has 0 radical (unpaired) electrons. The highest BCUT2D eigenvalue weighted by atomic mass is 16.3. The summed E-state index contributed by atoms with van der Waals surface area (Å²) >= 11 is 0. The van der Waals surface area contributed by atoms with Crippen LogP contribution >= 0.6 is 0 Å². The lowest BCUT2D eigenvalue weighted by Gasteiger charge is -2.50. The van der Waals surface area contributed by atoms with Gasteiger partial charge in [0.2, 0.25) is 5.91 Å². The minimum absolute atomic E-state index is 0.0213. The van der Waals surface area contributed by atoms with Crippen LogP contribution in [0.5, 0.6) is 0 Å². The zero-order valence-corrected chi connectivity index (χ0v) is 16.6. The van der Waals surface area contributed by atoms with E-state index >= 15 is 0 Å². The fourth-order valence-corrected chi connectivity index (χ4v) is 4.99. The second kappa shape index (κ2) is 7.46. The molecule has 0 saturated heterocycles. The van der Waals surface area contributed by atoms with E-state index in [4.69, 9.17) is 4.42 Å². The highest BCUT2D eigenvalue weighted by Gasteiger charge is 2.55. The molecule has 0 unspecified atom stereocenters. The molecule has 28 heavy (non-hydrogen) atoms. The summed E-state index contributed by atoms with van der Waals surface area (Å²) < 4.78 is 5.37. The monoisotopic (exact) mass is 380 g/mol. The van der Waals surface area contributed by atoms with Crippen LogP contribution in [-0.4, -0.2) is 28.8 Å². The predicted molar refractivity (Wildman–Crippen MR) is 107 cm³/mol. The van der Waals surface area contributed by atoms with E-state index < -0.39 is 5.54 Å². The zero-order chi connectivity index (χ0) is 19.7. The largest absolute Gasteiger partial charge is 0.467 e. The van der Waals surface area contributed by atoms with Gasteiger partial charge < -0.3 is 14.6 Å². The molecule has 5 nitrogen and oxygen atoms in total. The lowest BCUT2D eigenvalue weighted by Crippen LogP contribution is -2.61. The Morgan fingerprint density at radius 2 is 1.96 bits per heavy atom. The Hall–Kier alpha value is -2.56. The Balaban J connectivity index is 1.74. The second-order valence-corrected chi connectivity index (χ2v) is 8.44. The molecule has 0 bridgehead atoms. The first-order valence-electron chi connectivity index (χ1n) is 10.2. The fraction of sp³-hybridized carbons (Fsp3) is 0.478. The van der Waals surface area contributed by atoms with Crippen molar-refractivity contribution in [2.45, 2.75) is 57.5 Å². The SMILES string of the molecule is CC(C)CN1C(=O)c2ccccc2[C@H](C(=O)NCc2ccco2)C12CCCC2. The van der Waals surface area contributed by atoms with Crippen LogP contribution in [0.25, 0.3) is 0 Å². The average molecular weight is 380 g/mol. The molecule has 1 N–H and O–H groups in total. The highest BCUT2D eigenvalue weighted by molar-refractivity contribution is 6.02. The van der Waals surface area contributed by atoms with Gasteiger partial charge in [0.05, 0.1) is 24.3 Å². The number of carbonyl (C=O) groups is 2. The molecule has 1 aromatic carbocycles. The van der Waals surface area contributed by atoms with Crippen LogP contribution in [0, 0.1) is 5.92 Å². The van der Waals surface area contributed by atoms with E-state index in [1.165, 1.54) is 0 Å². The third-order valence-electron chi connectivity index (χ3n) is 6.12. The predicted octanol–water partition coefficient (Wildman–Crippen LogP) is 4.10. The first kappa shape index (κ1) is 18.8. The summed E-state index contributed by atoms with van der Waals surface area (Å²) in [5, 5.41) is 3.06. The molecule has 2 aromatic rings. The number of nitrogens with zero attached hydrogens (tertiary/aromatic N) is 1. The number of amides is 2. The van der Waals surface area contributed by atoms with Gasteiger partial charge in [-0.1, -0.05) is 44.9 Å². The van der Waals surface area contributed by atoms with Crippen LogP contribution in [0.1, 0.15) is 67.1 Å². The Bertz CT molecular complexity index is 850. The molecule has 1 fully saturated rings. The molecule has 4 rings (SSSR count). The molecule has 2 aliphatic rings. The van der Waals surface area contributed by atoms with Gasteiger partial charge in [-0.3, -0.25) is 9.59 Å². The Labute approximate surface area is 166 Å². The van der Waals surface area contributed by atoms with Crippen LogP contribution in [0.15, 0.2) is 47.1 Å². The molecule has 2 amide bonds. The van der Waals surface area contributed by atoms with Gasteiger partial charge in [-0.05, 0) is 42.5 Å². The van der Waals surface area contributed by atoms with Gasteiger partial charge in [0.25, 0.3) is 5.91 Å². The first-order valence-corrected chi connectivity index (χ1v) is 10.2. The summed E-state index contributed by atoms with van der Waals surface area (Å²) in [6, 6.07) is 11.3. The molecule has 1 aliphatic heterocycles. The van der Waals surface area contributed by atoms with Crippen LogP contribution < -0.4 is 5.32 Å². The highest BCUT2D eigenvalue weighted by Crippen LogP contribution is 2.50. The molecular formula is C23H28N2O3. The molecule has 1 spiro atoms. The van der Waals surface area contributed by atoms with Gasteiger partial charge in [-0.15, -0.1) is 0 Å². The van der Waals surface area contributed by atoms with Crippen molar-refractivity contribution in [3.63, 3.8) is 0 Å². The lowest BCUT2D eigenvalue weighted by atomic mass is 9.70. The number of fused-ring (bicyclic) bond motifs is 1. The molecule has 1 aromatic heterocycles. The smallest absolute Gasteiger partial charge is 0.254 e. The molecule has 148 valence electrons. The normalized spacial score (nSPS) is 20.6. The summed E-state index contributed by atoms with van der Waals surface area (Å²) in [6.45, 7) is 5.29. The number of rotatable bonds is 5. The minimum Gasteiger partial charge on any atom is -0.467 e. The van der Waals surface area contributed by atoms with E-state index in [-0.39, 0.29) is 17.7 Å². The van der Waals surface area contributed by atoms with Crippen molar-refractivity contribution in [3.05, 3.63) is 59.5 Å². The third kappa shape index (κ3) is 3.13. The van der Waals surface area contributed by atoms with Crippen LogP contribution in [0.4, 0.5) is 0 Å². The molecule has 2 heterocycles. The van der Waals surface area contributed by atoms with Crippen molar-refractivity contribution in [2.24, 2.45) is 5.92 Å². The lowest BCUT2D eigenvalue weighted by molar-refractivity contribution is -0.126. The van der Waals surface area contributed by atoms with E-state index in [2.05, 4.69) is 19.2 Å². The first-order chi connectivity index (χ1) is 13.5. The Kier molecular flexibility index (Phi) is 5.00. The molecule has 1 atom stereocenters. The zero-order valence-electron chi connectivity index (χ0n) is 16.6. The van der Waals surface area contributed by atoms with Crippen molar-refractivity contribution < 1.29 is 14.0 Å². The number of hydrogen-bond donors (Lipinski definition) is 1. The van der Waals surface area contributed by atoms with E-state index in [1.54, 1.807) is 6.26 Å². The van der Waals surface area contributed by atoms with E-state index in [0.717, 1.165) is 37.0 Å². The van der Waals surface area contributed by atoms with Gasteiger partial charge in [-0.25, -0.2) is 0 Å².